The molecule has 1 heterocycles. The normalized spacial score (nSPS) is 28.0. The topological polar surface area (TPSA) is 49.8 Å². The molecule has 0 bridgehead atoms. The maximum absolute atomic E-state index is 10.4. The van der Waals surface area contributed by atoms with Crippen LogP contribution in [0.1, 0.15) is 26.7 Å². The van der Waals surface area contributed by atoms with E-state index in [1.807, 2.05) is 13.8 Å². The number of hydrogen-bond acceptors (Lipinski definition) is 2. The van der Waals surface area contributed by atoms with Crippen molar-refractivity contribution >= 4 is 5.97 Å². The summed E-state index contributed by atoms with van der Waals surface area (Å²) >= 11 is 0. The Morgan fingerprint density at radius 3 is 2.20 bits per heavy atom. The van der Waals surface area contributed by atoms with Crippen LogP contribution >= 0.6 is 0 Å². The Hall–Kier alpha value is -0.570. The van der Waals surface area contributed by atoms with E-state index in [4.69, 9.17) is 9.84 Å². The first-order chi connectivity index (χ1) is 4.66. The van der Waals surface area contributed by atoms with Gasteiger partial charge in [0.2, 0.25) is 0 Å². The average Bonchev–Trinajstić information content (AvgIpc) is 2.63. The van der Waals surface area contributed by atoms with Crippen LogP contribution in [-0.2, 0) is 9.53 Å². The van der Waals surface area contributed by atoms with Crippen LogP contribution in [0.2, 0.25) is 0 Å². The number of aliphatic carboxylic acids is 1. The minimum Gasteiger partial charge on any atom is -0.479 e. The molecule has 1 unspecified atom stereocenters. The highest BCUT2D eigenvalue weighted by Gasteiger charge is 2.58. The van der Waals surface area contributed by atoms with Crippen LogP contribution in [0.5, 0.6) is 0 Å². The molecule has 0 saturated carbocycles. The predicted molar refractivity (Wildman–Crippen MR) is 35.8 cm³/mol. The molecule has 0 aromatic rings. The van der Waals surface area contributed by atoms with Gasteiger partial charge in [-0.2, -0.15) is 0 Å². The van der Waals surface area contributed by atoms with Crippen molar-refractivity contribution in [3.05, 3.63) is 0 Å². The van der Waals surface area contributed by atoms with Crippen LogP contribution < -0.4 is 0 Å². The summed E-state index contributed by atoms with van der Waals surface area (Å²) in [7, 11) is 0. The van der Waals surface area contributed by atoms with Crippen LogP contribution in [0.4, 0.5) is 0 Å². The first-order valence-electron chi connectivity index (χ1n) is 3.57. The van der Waals surface area contributed by atoms with E-state index in [2.05, 4.69) is 0 Å². The van der Waals surface area contributed by atoms with Gasteiger partial charge in [0.15, 0.2) is 6.10 Å². The van der Waals surface area contributed by atoms with E-state index in [1.165, 1.54) is 0 Å². The van der Waals surface area contributed by atoms with E-state index in [-0.39, 0.29) is 5.60 Å². The molecule has 1 N–H and O–H groups in total. The molecule has 1 rings (SSSR count). The zero-order valence-corrected chi connectivity index (χ0v) is 6.26. The number of rotatable bonds is 3. The Morgan fingerprint density at radius 1 is 1.60 bits per heavy atom. The lowest BCUT2D eigenvalue weighted by Crippen LogP contribution is -2.18. The van der Waals surface area contributed by atoms with Crippen molar-refractivity contribution in [1.29, 1.82) is 0 Å². The van der Waals surface area contributed by atoms with Gasteiger partial charge in [-0.15, -0.1) is 0 Å². The van der Waals surface area contributed by atoms with Gasteiger partial charge in [-0.25, -0.2) is 4.79 Å². The van der Waals surface area contributed by atoms with E-state index >= 15 is 0 Å². The summed E-state index contributed by atoms with van der Waals surface area (Å²) < 4.78 is 5.06. The van der Waals surface area contributed by atoms with Crippen molar-refractivity contribution < 1.29 is 14.6 Å². The second-order valence-corrected chi connectivity index (χ2v) is 2.61. The van der Waals surface area contributed by atoms with Gasteiger partial charge in [-0.05, 0) is 12.8 Å². The molecule has 3 nitrogen and oxygen atoms in total. The summed E-state index contributed by atoms with van der Waals surface area (Å²) in [4.78, 5) is 10.4. The smallest absolute Gasteiger partial charge is 0.335 e. The molecule has 0 radical (unpaired) electrons. The highest BCUT2D eigenvalue weighted by atomic mass is 16.6. The average molecular weight is 144 g/mol. The molecule has 1 fully saturated rings. The molecule has 0 spiro atoms. The van der Waals surface area contributed by atoms with E-state index in [1.54, 1.807) is 0 Å². The third-order valence-corrected chi connectivity index (χ3v) is 2.19. The van der Waals surface area contributed by atoms with Crippen LogP contribution in [0, 0.1) is 0 Å². The molecule has 10 heavy (non-hydrogen) atoms. The van der Waals surface area contributed by atoms with Gasteiger partial charge in [-0.1, -0.05) is 13.8 Å². The molecular formula is C7H12O3. The zero-order chi connectivity index (χ0) is 7.78. The number of hydrogen-bond donors (Lipinski definition) is 1. The Balaban J connectivity index is 2.53. The second kappa shape index (κ2) is 2.23. The second-order valence-electron chi connectivity index (χ2n) is 2.61. The number of ether oxygens (including phenoxy) is 1. The van der Waals surface area contributed by atoms with Crippen LogP contribution in [0.15, 0.2) is 0 Å². The lowest BCUT2D eigenvalue weighted by atomic mass is 9.99. The molecule has 0 aliphatic carbocycles. The quantitative estimate of drug-likeness (QED) is 0.602. The monoisotopic (exact) mass is 144 g/mol. The third-order valence-electron chi connectivity index (χ3n) is 2.19. The Kier molecular flexibility index (Phi) is 1.68. The molecule has 1 atom stereocenters. The predicted octanol–water partition coefficient (Wildman–Crippen LogP) is 1.03. The van der Waals surface area contributed by atoms with Crippen LogP contribution in [0.25, 0.3) is 0 Å². The zero-order valence-electron chi connectivity index (χ0n) is 6.26. The fourth-order valence-electron chi connectivity index (χ4n) is 1.26. The van der Waals surface area contributed by atoms with Crippen LogP contribution in [-0.4, -0.2) is 22.8 Å². The van der Waals surface area contributed by atoms with Crippen molar-refractivity contribution in [2.75, 3.05) is 0 Å². The first-order valence-corrected chi connectivity index (χ1v) is 3.57. The van der Waals surface area contributed by atoms with E-state index in [0.29, 0.717) is 0 Å². The van der Waals surface area contributed by atoms with Crippen molar-refractivity contribution in [3.8, 4) is 0 Å². The molecule has 3 heteroatoms. The fourth-order valence-corrected chi connectivity index (χ4v) is 1.26. The molecule has 0 aromatic carbocycles. The molecule has 1 saturated heterocycles. The largest absolute Gasteiger partial charge is 0.479 e. The van der Waals surface area contributed by atoms with Crippen molar-refractivity contribution in [1.82, 2.24) is 0 Å². The fraction of sp³-hybridized carbons (Fsp3) is 0.857. The van der Waals surface area contributed by atoms with Crippen molar-refractivity contribution in [3.63, 3.8) is 0 Å². The standard InChI is InChI=1S/C7H12O3/c1-3-7(4-2)5(10-7)6(8)9/h5H,3-4H2,1-2H3,(H,8,9). The maximum Gasteiger partial charge on any atom is 0.335 e. The van der Waals surface area contributed by atoms with Gasteiger partial charge in [0.25, 0.3) is 0 Å². The summed E-state index contributed by atoms with van der Waals surface area (Å²) in [5.41, 5.74) is -0.328. The summed E-state index contributed by atoms with van der Waals surface area (Å²) in [5.74, 6) is -0.830. The first kappa shape index (κ1) is 7.54. The maximum atomic E-state index is 10.4. The molecule has 1 aliphatic heterocycles. The molecule has 0 aromatic heterocycles. The highest BCUT2D eigenvalue weighted by Crippen LogP contribution is 2.42. The van der Waals surface area contributed by atoms with Gasteiger partial charge >= 0.3 is 5.97 Å². The van der Waals surface area contributed by atoms with E-state index in [0.717, 1.165) is 12.8 Å². The Morgan fingerprint density at radius 2 is 2.10 bits per heavy atom. The summed E-state index contributed by atoms with van der Waals surface area (Å²) in [6.45, 7) is 3.90. The number of carboxylic acid groups (broad SMARTS) is 1. The molecule has 1 aliphatic rings. The summed E-state index contributed by atoms with van der Waals surface area (Å²) in [5, 5.41) is 8.53. The summed E-state index contributed by atoms with van der Waals surface area (Å²) in [6, 6.07) is 0. The SMILES string of the molecule is CCC1(CC)OC1C(=O)O. The molecular weight excluding hydrogens is 132 g/mol. The number of carboxylic acids is 1. The Labute approximate surface area is 60.0 Å². The summed E-state index contributed by atoms with van der Waals surface area (Å²) in [6.07, 6.45) is 1.04. The number of carbonyl (C=O) groups is 1. The van der Waals surface area contributed by atoms with Gasteiger partial charge in [0.05, 0.1) is 0 Å². The Bertz CT molecular complexity index is 149. The number of epoxide rings is 1. The van der Waals surface area contributed by atoms with Gasteiger partial charge < -0.3 is 9.84 Å². The lowest BCUT2D eigenvalue weighted by molar-refractivity contribution is -0.138. The van der Waals surface area contributed by atoms with E-state index < -0.39 is 12.1 Å². The van der Waals surface area contributed by atoms with E-state index in [9.17, 15) is 4.79 Å². The minimum atomic E-state index is -0.830. The van der Waals surface area contributed by atoms with Gasteiger partial charge in [-0.3, -0.25) is 0 Å². The minimum absolute atomic E-state index is 0.328. The van der Waals surface area contributed by atoms with Crippen molar-refractivity contribution in [2.24, 2.45) is 0 Å². The molecule has 58 valence electrons. The van der Waals surface area contributed by atoms with Gasteiger partial charge in [0, 0.05) is 0 Å². The van der Waals surface area contributed by atoms with Crippen LogP contribution in [0.3, 0.4) is 0 Å². The third kappa shape index (κ3) is 0.904. The van der Waals surface area contributed by atoms with Gasteiger partial charge in [0.1, 0.15) is 5.60 Å². The molecule has 0 amide bonds. The van der Waals surface area contributed by atoms with Crippen molar-refractivity contribution in [2.45, 2.75) is 38.4 Å². The highest BCUT2D eigenvalue weighted by molar-refractivity contribution is 5.77. The lowest BCUT2D eigenvalue weighted by Gasteiger charge is -2.02.